The van der Waals surface area contributed by atoms with Crippen LogP contribution in [0.15, 0.2) is 18.2 Å². The summed E-state index contributed by atoms with van der Waals surface area (Å²) in [5.74, 6) is 0.875. The van der Waals surface area contributed by atoms with Crippen molar-refractivity contribution in [2.45, 2.75) is 25.9 Å². The zero-order valence-electron chi connectivity index (χ0n) is 11.1. The zero-order chi connectivity index (χ0) is 13.8. The molecule has 0 saturated heterocycles. The van der Waals surface area contributed by atoms with Crippen LogP contribution in [0, 0.1) is 6.92 Å². The van der Waals surface area contributed by atoms with Gasteiger partial charge < -0.3 is 10.5 Å². The summed E-state index contributed by atoms with van der Waals surface area (Å²) in [6.07, 6.45) is -1.61. The smallest absolute Gasteiger partial charge is 0.251 e. The molecule has 1 heterocycles. The van der Waals surface area contributed by atoms with E-state index in [1.54, 1.807) is 4.90 Å². The summed E-state index contributed by atoms with van der Waals surface area (Å²) in [6.45, 7) is 3.14. The lowest BCUT2D eigenvalue weighted by atomic mass is 10.1. The molecule has 1 unspecified atom stereocenters. The topological polar surface area (TPSA) is 38.5 Å². The van der Waals surface area contributed by atoms with E-state index in [1.165, 1.54) is 5.56 Å². The van der Waals surface area contributed by atoms with Crippen LogP contribution >= 0.6 is 0 Å². The molecule has 5 heteroatoms. The lowest BCUT2D eigenvalue weighted by Crippen LogP contribution is -2.40. The Labute approximate surface area is 112 Å². The van der Waals surface area contributed by atoms with Gasteiger partial charge in [-0.2, -0.15) is 0 Å². The Morgan fingerprint density at radius 2 is 2.26 bits per heavy atom. The van der Waals surface area contributed by atoms with Crippen LogP contribution in [0.25, 0.3) is 0 Å². The van der Waals surface area contributed by atoms with E-state index in [9.17, 15) is 8.78 Å². The zero-order valence-corrected chi connectivity index (χ0v) is 11.1. The number of aryl methyl sites for hydroxylation is 1. The third-order valence-corrected chi connectivity index (χ3v) is 3.26. The summed E-state index contributed by atoms with van der Waals surface area (Å²) in [4.78, 5) is 1.67. The predicted octanol–water partition coefficient (Wildman–Crippen LogP) is 1.82. The standard InChI is InChI=1S/C14H20F2N2O/c1-10-2-3-13-11(6-10)7-12(19-13)8-18(5-4-17)9-14(15)16/h2-3,6,12,14H,4-5,7-9,17H2,1H3. The van der Waals surface area contributed by atoms with Crippen LogP contribution in [-0.2, 0) is 6.42 Å². The molecule has 0 aliphatic carbocycles. The van der Waals surface area contributed by atoms with E-state index in [0.29, 0.717) is 19.6 Å². The molecule has 0 fully saturated rings. The van der Waals surface area contributed by atoms with Gasteiger partial charge in [0.05, 0.1) is 6.54 Å². The van der Waals surface area contributed by atoms with Gasteiger partial charge in [0.15, 0.2) is 0 Å². The second-order valence-electron chi connectivity index (χ2n) is 4.99. The van der Waals surface area contributed by atoms with E-state index in [4.69, 9.17) is 10.5 Å². The van der Waals surface area contributed by atoms with E-state index < -0.39 is 6.43 Å². The van der Waals surface area contributed by atoms with Crippen molar-refractivity contribution in [3.63, 3.8) is 0 Å². The molecular weight excluding hydrogens is 250 g/mol. The van der Waals surface area contributed by atoms with E-state index in [-0.39, 0.29) is 12.6 Å². The third kappa shape index (κ3) is 3.88. The first-order chi connectivity index (χ1) is 9.08. The minimum absolute atomic E-state index is 0.0536. The van der Waals surface area contributed by atoms with E-state index in [1.807, 2.05) is 19.1 Å². The number of fused-ring (bicyclic) bond motifs is 1. The van der Waals surface area contributed by atoms with Crippen LogP contribution in [0.2, 0.25) is 0 Å². The highest BCUT2D eigenvalue weighted by Crippen LogP contribution is 2.29. The Bertz CT molecular complexity index is 426. The van der Waals surface area contributed by atoms with Crippen molar-refractivity contribution in [1.82, 2.24) is 4.90 Å². The lowest BCUT2D eigenvalue weighted by molar-refractivity contribution is 0.0685. The van der Waals surface area contributed by atoms with Crippen molar-refractivity contribution in [1.29, 1.82) is 0 Å². The van der Waals surface area contributed by atoms with Gasteiger partial charge in [-0.15, -0.1) is 0 Å². The molecule has 1 aliphatic heterocycles. The fourth-order valence-corrected chi connectivity index (χ4v) is 2.47. The lowest BCUT2D eigenvalue weighted by Gasteiger charge is -2.24. The minimum Gasteiger partial charge on any atom is -0.488 e. The number of ether oxygens (including phenoxy) is 1. The van der Waals surface area contributed by atoms with E-state index in [2.05, 4.69) is 6.07 Å². The number of hydrogen-bond acceptors (Lipinski definition) is 3. The third-order valence-electron chi connectivity index (χ3n) is 3.26. The molecular formula is C14H20F2N2O. The number of hydrogen-bond donors (Lipinski definition) is 1. The summed E-state index contributed by atoms with van der Waals surface area (Å²) < 4.78 is 30.7. The Morgan fingerprint density at radius 1 is 1.47 bits per heavy atom. The number of nitrogens with two attached hydrogens (primary N) is 1. The molecule has 1 aromatic carbocycles. The van der Waals surface area contributed by atoms with Gasteiger partial charge in [0.1, 0.15) is 11.9 Å². The van der Waals surface area contributed by atoms with Crippen molar-refractivity contribution in [3.8, 4) is 5.75 Å². The van der Waals surface area contributed by atoms with Gasteiger partial charge in [-0.3, -0.25) is 4.90 Å². The van der Waals surface area contributed by atoms with Crippen LogP contribution in [0.5, 0.6) is 5.75 Å². The number of nitrogens with zero attached hydrogens (tertiary/aromatic N) is 1. The second kappa shape index (κ2) is 6.30. The number of rotatable bonds is 6. The molecule has 0 saturated carbocycles. The van der Waals surface area contributed by atoms with E-state index in [0.717, 1.165) is 17.7 Å². The highest BCUT2D eigenvalue weighted by atomic mass is 19.3. The van der Waals surface area contributed by atoms with Crippen LogP contribution in [0.1, 0.15) is 11.1 Å². The first-order valence-corrected chi connectivity index (χ1v) is 6.55. The Balaban J connectivity index is 1.94. The molecule has 1 atom stereocenters. The summed E-state index contributed by atoms with van der Waals surface area (Å²) in [5.41, 5.74) is 7.81. The van der Waals surface area contributed by atoms with E-state index >= 15 is 0 Å². The highest BCUT2D eigenvalue weighted by Gasteiger charge is 2.25. The Hall–Kier alpha value is -1.20. The van der Waals surface area contributed by atoms with Gasteiger partial charge >= 0.3 is 0 Å². The average molecular weight is 270 g/mol. The van der Waals surface area contributed by atoms with Gasteiger partial charge in [-0.05, 0) is 18.6 Å². The van der Waals surface area contributed by atoms with Crippen molar-refractivity contribution in [2.24, 2.45) is 5.73 Å². The van der Waals surface area contributed by atoms with Gasteiger partial charge in [-0.25, -0.2) is 8.78 Å². The number of halogens is 2. The van der Waals surface area contributed by atoms with Crippen molar-refractivity contribution < 1.29 is 13.5 Å². The number of benzene rings is 1. The molecule has 1 aliphatic rings. The summed E-state index contributed by atoms with van der Waals surface area (Å²) in [6, 6.07) is 6.04. The molecule has 0 aromatic heterocycles. The molecule has 3 nitrogen and oxygen atoms in total. The fourth-order valence-electron chi connectivity index (χ4n) is 2.47. The largest absolute Gasteiger partial charge is 0.488 e. The molecule has 2 N–H and O–H groups in total. The molecule has 0 radical (unpaired) electrons. The molecule has 0 spiro atoms. The van der Waals surface area contributed by atoms with Crippen LogP contribution in [0.3, 0.4) is 0 Å². The van der Waals surface area contributed by atoms with Crippen LogP contribution in [-0.4, -0.2) is 43.6 Å². The second-order valence-corrected chi connectivity index (χ2v) is 4.99. The molecule has 0 amide bonds. The SMILES string of the molecule is Cc1ccc2c(c1)CC(CN(CCN)CC(F)F)O2. The normalized spacial score (nSPS) is 17.9. The van der Waals surface area contributed by atoms with Crippen molar-refractivity contribution >= 4 is 0 Å². The maximum atomic E-state index is 12.5. The maximum Gasteiger partial charge on any atom is 0.251 e. The van der Waals surface area contributed by atoms with Crippen LogP contribution in [0.4, 0.5) is 8.78 Å². The number of alkyl halides is 2. The summed E-state index contributed by atoms with van der Waals surface area (Å²) in [5, 5.41) is 0. The Morgan fingerprint density at radius 3 is 2.95 bits per heavy atom. The van der Waals surface area contributed by atoms with Crippen molar-refractivity contribution in [3.05, 3.63) is 29.3 Å². The van der Waals surface area contributed by atoms with Crippen LogP contribution < -0.4 is 10.5 Å². The minimum atomic E-state index is -2.34. The first-order valence-electron chi connectivity index (χ1n) is 6.55. The molecule has 106 valence electrons. The van der Waals surface area contributed by atoms with Crippen molar-refractivity contribution in [2.75, 3.05) is 26.2 Å². The van der Waals surface area contributed by atoms with Gasteiger partial charge in [0.2, 0.25) is 0 Å². The summed E-state index contributed by atoms with van der Waals surface area (Å²) >= 11 is 0. The van der Waals surface area contributed by atoms with Gasteiger partial charge in [0.25, 0.3) is 6.43 Å². The highest BCUT2D eigenvalue weighted by molar-refractivity contribution is 5.40. The fraction of sp³-hybridized carbons (Fsp3) is 0.571. The first kappa shape index (κ1) is 14.2. The summed E-state index contributed by atoms with van der Waals surface area (Å²) in [7, 11) is 0. The predicted molar refractivity (Wildman–Crippen MR) is 70.8 cm³/mol. The maximum absolute atomic E-state index is 12.5. The average Bonchev–Trinajstić information content (AvgIpc) is 2.69. The molecule has 1 aromatic rings. The molecule has 2 rings (SSSR count). The Kier molecular flexibility index (Phi) is 4.71. The molecule has 0 bridgehead atoms. The van der Waals surface area contributed by atoms with Gasteiger partial charge in [0, 0.05) is 26.1 Å². The monoisotopic (exact) mass is 270 g/mol. The molecule has 19 heavy (non-hydrogen) atoms. The van der Waals surface area contributed by atoms with Gasteiger partial charge in [-0.1, -0.05) is 17.7 Å². The quantitative estimate of drug-likeness (QED) is 0.857.